The summed E-state index contributed by atoms with van der Waals surface area (Å²) in [6.07, 6.45) is 23.2. The number of hydrogen-bond donors (Lipinski definition) is 0. The van der Waals surface area contributed by atoms with Crippen LogP contribution in [0.4, 0.5) is 0 Å². The molecule has 5 nitrogen and oxygen atoms in total. The van der Waals surface area contributed by atoms with Crippen LogP contribution in [0, 0.1) is 0 Å². The third-order valence-corrected chi connectivity index (χ3v) is 5.13. The number of methoxy groups -OCH3 is 1. The third kappa shape index (κ3) is 22.9. The molecule has 0 aromatic carbocycles. The van der Waals surface area contributed by atoms with Crippen molar-refractivity contribution in [1.29, 1.82) is 0 Å². The molecule has 0 aromatic heterocycles. The average Bonchev–Trinajstić information content (AvgIpc) is 2.74. The maximum absolute atomic E-state index is 11.5. The van der Waals surface area contributed by atoms with Gasteiger partial charge in [-0.2, -0.15) is 0 Å². The Bertz CT molecular complexity index is 420. The van der Waals surface area contributed by atoms with Crippen molar-refractivity contribution in [3.05, 3.63) is 12.2 Å². The molecule has 0 aliphatic rings. The second kappa shape index (κ2) is 23.9. The van der Waals surface area contributed by atoms with Gasteiger partial charge in [0.2, 0.25) is 0 Å². The summed E-state index contributed by atoms with van der Waals surface area (Å²) in [6.45, 7) is 3.18. The van der Waals surface area contributed by atoms with Crippen LogP contribution in [0.2, 0.25) is 0 Å². The first kappa shape index (κ1) is 28.6. The Hall–Kier alpha value is -1.36. The van der Waals surface area contributed by atoms with Gasteiger partial charge in [0.1, 0.15) is 6.61 Å². The van der Waals surface area contributed by atoms with Crippen LogP contribution in [0.1, 0.15) is 110 Å². The van der Waals surface area contributed by atoms with Crippen LogP contribution < -0.4 is 0 Å². The van der Waals surface area contributed by atoms with Crippen molar-refractivity contribution >= 4 is 11.9 Å². The van der Waals surface area contributed by atoms with E-state index in [2.05, 4.69) is 6.92 Å². The molecule has 0 saturated heterocycles. The zero-order chi connectivity index (χ0) is 22.1. The maximum Gasteiger partial charge on any atom is 0.331 e. The van der Waals surface area contributed by atoms with Gasteiger partial charge in [-0.05, 0) is 6.42 Å². The van der Waals surface area contributed by atoms with Crippen LogP contribution in [0.25, 0.3) is 0 Å². The van der Waals surface area contributed by atoms with Crippen molar-refractivity contribution in [2.24, 2.45) is 0 Å². The normalized spacial score (nSPS) is 11.1. The highest BCUT2D eigenvalue weighted by Crippen LogP contribution is 2.13. The molecule has 0 rings (SSSR count). The first-order chi connectivity index (χ1) is 14.7. The summed E-state index contributed by atoms with van der Waals surface area (Å²) in [6, 6.07) is 0. The molecule has 0 heterocycles. The SMILES string of the molecule is CCCCCCCCCCCCCCCCCCOC(=O)/C=C/C(=O)OCCOC. The smallest absolute Gasteiger partial charge is 0.331 e. The van der Waals surface area contributed by atoms with Gasteiger partial charge in [-0.1, -0.05) is 103 Å². The summed E-state index contributed by atoms with van der Waals surface area (Å²) >= 11 is 0. The van der Waals surface area contributed by atoms with Crippen LogP contribution in [0.3, 0.4) is 0 Å². The van der Waals surface area contributed by atoms with Gasteiger partial charge in [0.25, 0.3) is 0 Å². The van der Waals surface area contributed by atoms with Crippen molar-refractivity contribution in [3.63, 3.8) is 0 Å². The molecule has 0 aromatic rings. The van der Waals surface area contributed by atoms with Crippen LogP contribution in [-0.4, -0.2) is 38.9 Å². The number of unbranched alkanes of at least 4 members (excludes halogenated alkanes) is 15. The Kier molecular flexibility index (Phi) is 22.8. The van der Waals surface area contributed by atoms with E-state index in [-0.39, 0.29) is 6.61 Å². The lowest BCUT2D eigenvalue weighted by Gasteiger charge is -2.04. The van der Waals surface area contributed by atoms with E-state index in [0.717, 1.165) is 25.0 Å². The fraction of sp³-hybridized carbons (Fsp3) is 0.840. The third-order valence-electron chi connectivity index (χ3n) is 5.13. The zero-order valence-corrected chi connectivity index (χ0v) is 19.6. The molecule has 30 heavy (non-hydrogen) atoms. The van der Waals surface area contributed by atoms with E-state index in [9.17, 15) is 9.59 Å². The number of hydrogen-bond acceptors (Lipinski definition) is 5. The molecule has 0 radical (unpaired) electrons. The highest BCUT2D eigenvalue weighted by molar-refractivity contribution is 5.91. The van der Waals surface area contributed by atoms with Gasteiger partial charge in [0, 0.05) is 19.3 Å². The molecule has 0 fully saturated rings. The molecular weight excluding hydrogens is 380 g/mol. The lowest BCUT2D eigenvalue weighted by Crippen LogP contribution is -2.08. The average molecular weight is 427 g/mol. The van der Waals surface area contributed by atoms with Crippen molar-refractivity contribution in [1.82, 2.24) is 0 Å². The monoisotopic (exact) mass is 426 g/mol. The molecule has 0 aliphatic carbocycles. The summed E-state index contributed by atoms with van der Waals surface area (Å²) < 4.78 is 14.7. The van der Waals surface area contributed by atoms with Gasteiger partial charge in [-0.3, -0.25) is 0 Å². The Labute approximate surface area is 184 Å². The molecule has 0 spiro atoms. The second-order valence-electron chi connectivity index (χ2n) is 7.96. The minimum absolute atomic E-state index is 0.175. The minimum Gasteiger partial charge on any atom is -0.463 e. The van der Waals surface area contributed by atoms with Crippen LogP contribution in [0.15, 0.2) is 12.2 Å². The lowest BCUT2D eigenvalue weighted by atomic mass is 10.0. The molecule has 176 valence electrons. The summed E-state index contributed by atoms with van der Waals surface area (Å²) in [5, 5.41) is 0. The quantitative estimate of drug-likeness (QED) is 0.112. The number of carbonyl (C=O) groups is 2. The number of esters is 2. The van der Waals surface area contributed by atoms with Crippen molar-refractivity contribution < 1.29 is 23.8 Å². The van der Waals surface area contributed by atoms with Gasteiger partial charge in [-0.15, -0.1) is 0 Å². The maximum atomic E-state index is 11.5. The molecule has 5 heteroatoms. The van der Waals surface area contributed by atoms with Crippen molar-refractivity contribution in [3.8, 4) is 0 Å². The predicted octanol–water partition coefficient (Wildman–Crippen LogP) is 6.54. The van der Waals surface area contributed by atoms with E-state index in [1.54, 1.807) is 0 Å². The van der Waals surface area contributed by atoms with Crippen LogP contribution in [-0.2, 0) is 23.8 Å². The highest BCUT2D eigenvalue weighted by Gasteiger charge is 2.01. The summed E-state index contributed by atoms with van der Waals surface area (Å²) in [4.78, 5) is 22.8. The van der Waals surface area contributed by atoms with E-state index >= 15 is 0 Å². The van der Waals surface area contributed by atoms with Crippen LogP contribution >= 0.6 is 0 Å². The Balaban J connectivity index is 3.27. The molecule has 0 atom stereocenters. The van der Waals surface area contributed by atoms with Gasteiger partial charge in [-0.25, -0.2) is 9.59 Å². The molecule has 0 N–H and O–H groups in total. The van der Waals surface area contributed by atoms with E-state index < -0.39 is 11.9 Å². The first-order valence-corrected chi connectivity index (χ1v) is 12.2. The van der Waals surface area contributed by atoms with Gasteiger partial charge < -0.3 is 14.2 Å². The summed E-state index contributed by atoms with van der Waals surface area (Å²) in [5.41, 5.74) is 0. The highest BCUT2D eigenvalue weighted by atomic mass is 16.6. The summed E-state index contributed by atoms with van der Waals surface area (Å²) in [7, 11) is 1.53. The molecule has 0 aliphatic heterocycles. The minimum atomic E-state index is -0.564. The number of ether oxygens (including phenoxy) is 3. The van der Waals surface area contributed by atoms with Gasteiger partial charge in [0.05, 0.1) is 13.2 Å². The Morgan fingerprint density at radius 2 is 0.900 bits per heavy atom. The molecule has 0 unspecified atom stereocenters. The Morgan fingerprint density at radius 3 is 1.30 bits per heavy atom. The summed E-state index contributed by atoms with van der Waals surface area (Å²) in [5.74, 6) is -1.06. The fourth-order valence-corrected chi connectivity index (χ4v) is 3.28. The van der Waals surface area contributed by atoms with Gasteiger partial charge >= 0.3 is 11.9 Å². The number of rotatable bonds is 22. The first-order valence-electron chi connectivity index (χ1n) is 12.2. The standard InChI is InChI=1S/C25H46O5/c1-3-4-5-6-7-8-9-10-11-12-13-14-15-16-17-18-21-29-24(26)19-20-25(27)30-23-22-28-2/h19-20H,3-18,21-23H2,1-2H3/b20-19+. The second-order valence-corrected chi connectivity index (χ2v) is 7.96. The molecule has 0 saturated carbocycles. The zero-order valence-electron chi connectivity index (χ0n) is 19.6. The fourth-order valence-electron chi connectivity index (χ4n) is 3.28. The molecule has 0 amide bonds. The van der Waals surface area contributed by atoms with Crippen molar-refractivity contribution in [2.45, 2.75) is 110 Å². The van der Waals surface area contributed by atoms with Gasteiger partial charge in [0.15, 0.2) is 0 Å². The predicted molar refractivity (Wildman–Crippen MR) is 122 cm³/mol. The largest absolute Gasteiger partial charge is 0.463 e. The number of carbonyl (C=O) groups excluding carboxylic acids is 2. The van der Waals surface area contributed by atoms with Crippen molar-refractivity contribution in [2.75, 3.05) is 26.9 Å². The lowest BCUT2D eigenvalue weighted by molar-refractivity contribution is -0.141. The topological polar surface area (TPSA) is 61.8 Å². The molecular formula is C25H46O5. The van der Waals surface area contributed by atoms with E-state index in [1.165, 1.54) is 97.0 Å². The van der Waals surface area contributed by atoms with E-state index in [1.807, 2.05) is 0 Å². The Morgan fingerprint density at radius 1 is 0.533 bits per heavy atom. The van der Waals surface area contributed by atoms with Crippen LogP contribution in [0.5, 0.6) is 0 Å². The molecule has 0 bridgehead atoms. The van der Waals surface area contributed by atoms with E-state index in [0.29, 0.717) is 13.2 Å². The van der Waals surface area contributed by atoms with E-state index in [4.69, 9.17) is 14.2 Å².